The Bertz CT molecular complexity index is 886. The van der Waals surface area contributed by atoms with Gasteiger partial charge in [0.05, 0.1) is 16.0 Å². The van der Waals surface area contributed by atoms with Gasteiger partial charge in [-0.25, -0.2) is 4.39 Å². The molecule has 0 aliphatic rings. The molecule has 1 aromatic heterocycles. The van der Waals surface area contributed by atoms with Crippen molar-refractivity contribution in [2.75, 3.05) is 18.5 Å². The molecule has 0 saturated heterocycles. The zero-order chi connectivity index (χ0) is 16.9. The number of halogens is 1. The minimum atomic E-state index is -0.435. The molecule has 0 aliphatic carbocycles. The van der Waals surface area contributed by atoms with E-state index < -0.39 is 10.7 Å². The highest BCUT2D eigenvalue weighted by atomic mass is 19.1. The Hall–Kier alpha value is -3.22. The smallest absolute Gasteiger partial charge is 0.278 e. The average Bonchev–Trinajstić information content (AvgIpc) is 2.59. The number of para-hydroxylation sites is 1. The molecule has 3 aromatic rings. The summed E-state index contributed by atoms with van der Waals surface area (Å²) >= 11 is 0. The number of aromatic nitrogens is 1. The van der Waals surface area contributed by atoms with E-state index in [-0.39, 0.29) is 18.0 Å². The Balaban J connectivity index is 1.71. The fourth-order valence-electron chi connectivity index (χ4n) is 2.37. The number of anilines is 1. The zero-order valence-corrected chi connectivity index (χ0v) is 12.6. The van der Waals surface area contributed by atoms with Crippen molar-refractivity contribution in [2.24, 2.45) is 0 Å². The third kappa shape index (κ3) is 3.24. The lowest BCUT2D eigenvalue weighted by atomic mass is 10.1. The summed E-state index contributed by atoms with van der Waals surface area (Å²) in [6.45, 7) is 0.643. The van der Waals surface area contributed by atoms with Crippen molar-refractivity contribution >= 4 is 22.3 Å². The molecule has 7 heteroatoms. The van der Waals surface area contributed by atoms with E-state index in [0.29, 0.717) is 23.1 Å². The molecule has 0 fully saturated rings. The lowest BCUT2D eigenvalue weighted by Gasteiger charge is -2.11. The molecule has 0 spiro atoms. The molecule has 2 aromatic carbocycles. The van der Waals surface area contributed by atoms with Crippen LogP contribution < -0.4 is 10.1 Å². The predicted octanol–water partition coefficient (Wildman–Crippen LogP) is 3.77. The number of hydrogen-bond donors (Lipinski definition) is 1. The number of nitrogens with zero attached hydrogens (tertiary/aromatic N) is 2. The van der Waals surface area contributed by atoms with Crippen LogP contribution in [0.4, 0.5) is 15.8 Å². The SMILES string of the molecule is O=[N+]([O-])c1ccc(NCCOc2ccccc2F)c2ncccc12. The largest absolute Gasteiger partial charge is 0.489 e. The number of nitrogens with one attached hydrogen (secondary N) is 1. The van der Waals surface area contributed by atoms with Crippen LogP contribution in [0.1, 0.15) is 0 Å². The van der Waals surface area contributed by atoms with Gasteiger partial charge in [-0.3, -0.25) is 15.1 Å². The maximum absolute atomic E-state index is 13.4. The Kier molecular flexibility index (Phi) is 4.51. The standard InChI is InChI=1S/C17H14FN3O3/c18-13-5-1-2-6-16(13)24-11-10-19-14-7-8-15(21(22)23)12-4-3-9-20-17(12)14/h1-9,19H,10-11H2. The van der Waals surface area contributed by atoms with Crippen LogP contribution in [-0.4, -0.2) is 23.1 Å². The van der Waals surface area contributed by atoms with E-state index in [9.17, 15) is 14.5 Å². The third-order valence-corrected chi connectivity index (χ3v) is 3.46. The average molecular weight is 327 g/mol. The molecular formula is C17H14FN3O3. The van der Waals surface area contributed by atoms with E-state index in [1.54, 1.807) is 42.6 Å². The first-order chi connectivity index (χ1) is 11.7. The molecule has 0 saturated carbocycles. The number of benzene rings is 2. The second kappa shape index (κ2) is 6.91. The predicted molar refractivity (Wildman–Crippen MR) is 88.8 cm³/mol. The fraction of sp³-hybridized carbons (Fsp3) is 0.118. The van der Waals surface area contributed by atoms with Gasteiger partial charge >= 0.3 is 0 Å². The summed E-state index contributed by atoms with van der Waals surface area (Å²) in [5, 5.41) is 14.6. The summed E-state index contributed by atoms with van der Waals surface area (Å²) in [5.41, 5.74) is 1.18. The molecule has 1 N–H and O–H groups in total. The van der Waals surface area contributed by atoms with Crippen molar-refractivity contribution in [1.29, 1.82) is 0 Å². The lowest BCUT2D eigenvalue weighted by Crippen LogP contribution is -2.12. The second-order valence-electron chi connectivity index (χ2n) is 4.99. The van der Waals surface area contributed by atoms with Gasteiger partial charge in [-0.1, -0.05) is 12.1 Å². The van der Waals surface area contributed by atoms with Crippen LogP contribution in [0.3, 0.4) is 0 Å². The zero-order valence-electron chi connectivity index (χ0n) is 12.6. The van der Waals surface area contributed by atoms with Crippen LogP contribution in [0, 0.1) is 15.9 Å². The maximum Gasteiger partial charge on any atom is 0.278 e. The second-order valence-corrected chi connectivity index (χ2v) is 4.99. The van der Waals surface area contributed by atoms with Crippen molar-refractivity contribution in [3.05, 3.63) is 70.7 Å². The van der Waals surface area contributed by atoms with Crippen molar-refractivity contribution in [3.63, 3.8) is 0 Å². The topological polar surface area (TPSA) is 77.3 Å². The molecule has 0 bridgehead atoms. The molecule has 24 heavy (non-hydrogen) atoms. The normalized spacial score (nSPS) is 10.5. The van der Waals surface area contributed by atoms with Gasteiger partial charge in [-0.15, -0.1) is 0 Å². The monoisotopic (exact) mass is 327 g/mol. The molecule has 6 nitrogen and oxygen atoms in total. The number of nitro benzene ring substituents is 1. The molecule has 3 rings (SSSR count). The van der Waals surface area contributed by atoms with E-state index >= 15 is 0 Å². The van der Waals surface area contributed by atoms with Gasteiger partial charge in [0.2, 0.25) is 0 Å². The molecule has 0 atom stereocenters. The van der Waals surface area contributed by atoms with E-state index in [0.717, 1.165) is 0 Å². The van der Waals surface area contributed by atoms with Crippen LogP contribution in [0.25, 0.3) is 10.9 Å². The first-order valence-electron chi connectivity index (χ1n) is 7.30. The van der Waals surface area contributed by atoms with E-state index in [1.165, 1.54) is 12.1 Å². The third-order valence-electron chi connectivity index (χ3n) is 3.46. The number of pyridine rings is 1. The summed E-state index contributed by atoms with van der Waals surface area (Å²) in [5.74, 6) is -0.231. The van der Waals surface area contributed by atoms with Crippen LogP contribution in [0.2, 0.25) is 0 Å². The van der Waals surface area contributed by atoms with Crippen LogP contribution in [0.15, 0.2) is 54.7 Å². The summed E-state index contributed by atoms with van der Waals surface area (Å²) in [4.78, 5) is 14.8. The van der Waals surface area contributed by atoms with Crippen LogP contribution in [-0.2, 0) is 0 Å². The molecule has 122 valence electrons. The molecule has 1 heterocycles. The summed E-state index contributed by atoms with van der Waals surface area (Å²) in [7, 11) is 0. The number of hydrogen-bond acceptors (Lipinski definition) is 5. The van der Waals surface area contributed by atoms with Crippen molar-refractivity contribution < 1.29 is 14.1 Å². The summed E-state index contributed by atoms with van der Waals surface area (Å²) in [6, 6.07) is 12.5. The minimum Gasteiger partial charge on any atom is -0.489 e. The molecule has 0 radical (unpaired) electrons. The summed E-state index contributed by atoms with van der Waals surface area (Å²) < 4.78 is 18.8. The van der Waals surface area contributed by atoms with Crippen molar-refractivity contribution in [3.8, 4) is 5.75 Å². The highest BCUT2D eigenvalue weighted by Crippen LogP contribution is 2.29. The lowest BCUT2D eigenvalue weighted by molar-refractivity contribution is -0.383. The molecule has 0 unspecified atom stereocenters. The first kappa shape index (κ1) is 15.7. The van der Waals surface area contributed by atoms with Crippen LogP contribution in [0.5, 0.6) is 5.75 Å². The highest BCUT2D eigenvalue weighted by molar-refractivity contribution is 5.96. The van der Waals surface area contributed by atoms with Crippen molar-refractivity contribution in [2.45, 2.75) is 0 Å². The Morgan fingerprint density at radius 2 is 2.00 bits per heavy atom. The van der Waals surface area contributed by atoms with E-state index in [1.807, 2.05) is 0 Å². The fourth-order valence-corrected chi connectivity index (χ4v) is 2.37. The molecule has 0 amide bonds. The molecule has 0 aliphatic heterocycles. The van der Waals surface area contributed by atoms with E-state index in [4.69, 9.17) is 4.74 Å². The highest BCUT2D eigenvalue weighted by Gasteiger charge is 2.14. The van der Waals surface area contributed by atoms with Crippen molar-refractivity contribution in [1.82, 2.24) is 4.98 Å². The van der Waals surface area contributed by atoms with Gasteiger partial charge in [-0.2, -0.15) is 0 Å². The summed E-state index contributed by atoms with van der Waals surface area (Å²) in [6.07, 6.45) is 1.58. The Labute approximate surface area is 137 Å². The van der Waals surface area contributed by atoms with Gasteiger partial charge in [0, 0.05) is 18.8 Å². The Morgan fingerprint density at radius 1 is 1.17 bits per heavy atom. The van der Waals surface area contributed by atoms with Gasteiger partial charge in [0.25, 0.3) is 5.69 Å². The van der Waals surface area contributed by atoms with Gasteiger partial charge in [0.1, 0.15) is 12.1 Å². The Morgan fingerprint density at radius 3 is 2.79 bits per heavy atom. The first-order valence-corrected chi connectivity index (χ1v) is 7.30. The number of rotatable bonds is 6. The number of ether oxygens (including phenoxy) is 1. The van der Waals surface area contributed by atoms with Crippen LogP contribution >= 0.6 is 0 Å². The van der Waals surface area contributed by atoms with E-state index in [2.05, 4.69) is 10.3 Å². The number of non-ortho nitro benzene ring substituents is 1. The van der Waals surface area contributed by atoms with Gasteiger partial charge in [0.15, 0.2) is 11.6 Å². The van der Waals surface area contributed by atoms with Gasteiger partial charge < -0.3 is 10.1 Å². The quantitative estimate of drug-likeness (QED) is 0.423. The maximum atomic E-state index is 13.4. The minimum absolute atomic E-state index is 0.00579. The number of fused-ring (bicyclic) bond motifs is 1. The molecular weight excluding hydrogens is 313 g/mol. The number of nitro groups is 1. The van der Waals surface area contributed by atoms with Gasteiger partial charge in [-0.05, 0) is 30.3 Å².